The zero-order valence-corrected chi connectivity index (χ0v) is 9.95. The molecule has 2 aromatic rings. The van der Waals surface area contributed by atoms with E-state index in [-0.39, 0.29) is 0 Å². The van der Waals surface area contributed by atoms with Crippen LogP contribution in [0.3, 0.4) is 0 Å². The molecule has 3 rings (SSSR count). The van der Waals surface area contributed by atoms with Gasteiger partial charge in [-0.3, -0.25) is 4.99 Å². The Labute approximate surface area is 100.0 Å². The summed E-state index contributed by atoms with van der Waals surface area (Å²) in [4.78, 5) is 4.20. The van der Waals surface area contributed by atoms with Crippen molar-refractivity contribution in [2.45, 2.75) is 13.8 Å². The molecule has 0 saturated carbocycles. The van der Waals surface area contributed by atoms with Crippen molar-refractivity contribution in [2.24, 2.45) is 4.99 Å². The predicted octanol–water partition coefficient (Wildman–Crippen LogP) is 4.18. The fraction of sp³-hybridized carbons (Fsp3) is 0.133. The molecule has 0 radical (unpaired) electrons. The van der Waals surface area contributed by atoms with Crippen molar-refractivity contribution in [2.75, 3.05) is 0 Å². The normalized spacial score (nSPS) is 13.1. The smallest absolute Gasteiger partial charge is 0.138 e. The summed E-state index contributed by atoms with van der Waals surface area (Å²) in [7, 11) is 0. The number of hydrogen-bond donors (Lipinski definition) is 0. The Hall–Kier alpha value is -2.09. The number of aryl methyl sites for hydroxylation is 1. The maximum Gasteiger partial charge on any atom is 0.138 e. The third kappa shape index (κ3) is 1.37. The Morgan fingerprint density at radius 2 is 2.18 bits per heavy atom. The topological polar surface area (TPSA) is 25.5 Å². The molecule has 1 aliphatic rings. The average Bonchev–Trinajstić information content (AvgIpc) is 2.61. The van der Waals surface area contributed by atoms with Crippen LogP contribution in [0.5, 0.6) is 0 Å². The molecule has 1 aliphatic heterocycles. The summed E-state index contributed by atoms with van der Waals surface area (Å²) in [6.07, 6.45) is 7.42. The standard InChI is InChI=1S/C15H13NO/c1-9(2)13-6-11-4-5-16-7-12-8-17-15(10(13)3)14(11)12/h4-8H,1H2,2-3H3. The molecular weight excluding hydrogens is 210 g/mol. The molecular formula is C15H13NO. The van der Waals surface area contributed by atoms with E-state index in [0.717, 1.165) is 38.8 Å². The maximum atomic E-state index is 5.67. The number of allylic oxidation sites excluding steroid dienone is 1. The van der Waals surface area contributed by atoms with Crippen molar-refractivity contribution in [3.63, 3.8) is 0 Å². The number of furan rings is 1. The van der Waals surface area contributed by atoms with E-state index in [1.807, 2.05) is 25.4 Å². The van der Waals surface area contributed by atoms with Crippen LogP contribution in [0.25, 0.3) is 22.6 Å². The molecule has 2 heterocycles. The first-order chi connectivity index (χ1) is 8.18. The zero-order valence-electron chi connectivity index (χ0n) is 9.95. The molecule has 0 fully saturated rings. The van der Waals surface area contributed by atoms with Crippen LogP contribution >= 0.6 is 0 Å². The molecule has 0 bridgehead atoms. The Bertz CT molecular complexity index is 686. The van der Waals surface area contributed by atoms with Crippen LogP contribution in [0.4, 0.5) is 0 Å². The minimum Gasteiger partial charge on any atom is -0.463 e. The largest absolute Gasteiger partial charge is 0.463 e. The third-order valence-corrected chi connectivity index (χ3v) is 3.17. The molecule has 17 heavy (non-hydrogen) atoms. The van der Waals surface area contributed by atoms with Crippen LogP contribution in [0.1, 0.15) is 29.2 Å². The maximum absolute atomic E-state index is 5.67. The average molecular weight is 223 g/mol. The molecule has 84 valence electrons. The van der Waals surface area contributed by atoms with E-state index in [2.05, 4.69) is 24.6 Å². The van der Waals surface area contributed by atoms with Crippen LogP contribution < -0.4 is 0 Å². The van der Waals surface area contributed by atoms with E-state index in [1.54, 1.807) is 6.26 Å². The van der Waals surface area contributed by atoms with Crippen LogP contribution in [-0.4, -0.2) is 6.21 Å². The van der Waals surface area contributed by atoms with Gasteiger partial charge in [0, 0.05) is 23.4 Å². The van der Waals surface area contributed by atoms with Crippen LogP contribution in [0.15, 0.2) is 34.5 Å². The molecule has 0 spiro atoms. The zero-order chi connectivity index (χ0) is 12.0. The first-order valence-electron chi connectivity index (χ1n) is 5.59. The summed E-state index contributed by atoms with van der Waals surface area (Å²) in [5, 5.41) is 1.14. The summed E-state index contributed by atoms with van der Waals surface area (Å²) in [5.41, 5.74) is 6.47. The Morgan fingerprint density at radius 1 is 1.35 bits per heavy atom. The second-order valence-electron chi connectivity index (χ2n) is 4.41. The summed E-state index contributed by atoms with van der Waals surface area (Å²) < 4.78 is 5.67. The van der Waals surface area contributed by atoms with Gasteiger partial charge >= 0.3 is 0 Å². The lowest BCUT2D eigenvalue weighted by Gasteiger charge is -2.08. The minimum atomic E-state index is 0.938. The fourth-order valence-electron chi connectivity index (χ4n) is 2.32. The van der Waals surface area contributed by atoms with Crippen molar-refractivity contribution < 1.29 is 4.42 Å². The summed E-state index contributed by atoms with van der Waals surface area (Å²) in [6.45, 7) is 8.11. The van der Waals surface area contributed by atoms with Crippen LogP contribution in [0, 0.1) is 6.92 Å². The monoisotopic (exact) mass is 223 g/mol. The molecule has 0 amide bonds. The highest BCUT2D eigenvalue weighted by Crippen LogP contribution is 2.33. The van der Waals surface area contributed by atoms with E-state index in [4.69, 9.17) is 4.42 Å². The van der Waals surface area contributed by atoms with E-state index in [0.29, 0.717) is 0 Å². The van der Waals surface area contributed by atoms with Crippen molar-refractivity contribution in [1.82, 2.24) is 0 Å². The lowest BCUT2D eigenvalue weighted by molar-refractivity contribution is 0.612. The molecule has 1 aromatic heterocycles. The molecule has 0 unspecified atom stereocenters. The second-order valence-corrected chi connectivity index (χ2v) is 4.41. The highest BCUT2D eigenvalue weighted by atomic mass is 16.3. The van der Waals surface area contributed by atoms with Gasteiger partial charge < -0.3 is 4.42 Å². The quantitative estimate of drug-likeness (QED) is 0.712. The van der Waals surface area contributed by atoms with Crippen molar-refractivity contribution in [1.29, 1.82) is 0 Å². The lowest BCUT2D eigenvalue weighted by atomic mass is 9.95. The molecule has 0 N–H and O–H groups in total. The van der Waals surface area contributed by atoms with Gasteiger partial charge in [0.1, 0.15) is 11.8 Å². The van der Waals surface area contributed by atoms with Crippen LogP contribution in [0.2, 0.25) is 0 Å². The van der Waals surface area contributed by atoms with Gasteiger partial charge in [0.05, 0.1) is 0 Å². The first-order valence-corrected chi connectivity index (χ1v) is 5.59. The summed E-state index contributed by atoms with van der Waals surface area (Å²) >= 11 is 0. The number of benzene rings is 1. The van der Waals surface area contributed by atoms with Crippen LogP contribution in [-0.2, 0) is 0 Å². The molecule has 1 aromatic carbocycles. The third-order valence-electron chi connectivity index (χ3n) is 3.17. The van der Waals surface area contributed by atoms with Gasteiger partial charge in [-0.25, -0.2) is 0 Å². The lowest BCUT2D eigenvalue weighted by Crippen LogP contribution is -1.89. The highest BCUT2D eigenvalue weighted by Gasteiger charge is 2.15. The molecule has 2 nitrogen and oxygen atoms in total. The minimum absolute atomic E-state index is 0.938. The van der Waals surface area contributed by atoms with E-state index in [9.17, 15) is 0 Å². The van der Waals surface area contributed by atoms with Gasteiger partial charge in [-0.15, -0.1) is 0 Å². The van der Waals surface area contributed by atoms with Gasteiger partial charge in [0.15, 0.2) is 0 Å². The van der Waals surface area contributed by atoms with Gasteiger partial charge in [-0.2, -0.15) is 0 Å². The predicted molar refractivity (Wildman–Crippen MR) is 72.3 cm³/mol. The second kappa shape index (κ2) is 3.45. The first kappa shape index (κ1) is 10.1. The molecule has 2 heteroatoms. The van der Waals surface area contributed by atoms with Gasteiger partial charge in [-0.05, 0) is 42.7 Å². The van der Waals surface area contributed by atoms with E-state index in [1.165, 1.54) is 0 Å². The van der Waals surface area contributed by atoms with Crippen molar-refractivity contribution in [3.05, 3.63) is 47.4 Å². The van der Waals surface area contributed by atoms with E-state index < -0.39 is 0 Å². The van der Waals surface area contributed by atoms with Gasteiger partial charge in [0.2, 0.25) is 0 Å². The van der Waals surface area contributed by atoms with Crippen molar-refractivity contribution in [3.8, 4) is 0 Å². The number of nitrogens with zero attached hydrogens (tertiary/aromatic N) is 1. The SMILES string of the molecule is C=C(C)c1cc2c3c(coc3c1C)C=NC=C2. The molecule has 0 atom stereocenters. The Kier molecular flexibility index (Phi) is 2.05. The summed E-state index contributed by atoms with van der Waals surface area (Å²) in [6, 6.07) is 2.16. The van der Waals surface area contributed by atoms with E-state index >= 15 is 0 Å². The Morgan fingerprint density at radius 3 is 2.94 bits per heavy atom. The van der Waals surface area contributed by atoms with Gasteiger partial charge in [-0.1, -0.05) is 12.2 Å². The molecule has 0 saturated heterocycles. The fourth-order valence-corrected chi connectivity index (χ4v) is 2.32. The van der Waals surface area contributed by atoms with Gasteiger partial charge in [0.25, 0.3) is 0 Å². The molecule has 0 aliphatic carbocycles. The summed E-state index contributed by atoms with van der Waals surface area (Å²) in [5.74, 6) is 0. The number of hydrogen-bond acceptors (Lipinski definition) is 2. The number of rotatable bonds is 1. The van der Waals surface area contributed by atoms with Crippen molar-refractivity contribution >= 4 is 28.8 Å². The Balaban J connectivity index is 2.49. The number of aliphatic imine (C=N–C) groups is 1. The highest BCUT2D eigenvalue weighted by molar-refractivity contribution is 6.05.